The molecule has 4 heterocycles. The highest BCUT2D eigenvalue weighted by Gasteiger charge is 2.36. The summed E-state index contributed by atoms with van der Waals surface area (Å²) in [7, 11) is -4.20. The van der Waals surface area contributed by atoms with E-state index < -0.39 is 15.9 Å². The molecule has 1 aliphatic carbocycles. The van der Waals surface area contributed by atoms with Gasteiger partial charge in [-0.25, -0.2) is 14.4 Å². The van der Waals surface area contributed by atoms with E-state index in [1.54, 1.807) is 23.1 Å². The van der Waals surface area contributed by atoms with Gasteiger partial charge in [-0.2, -0.15) is 13.5 Å². The molecule has 216 valence electrons. The van der Waals surface area contributed by atoms with Crippen molar-refractivity contribution in [3.8, 4) is 11.7 Å². The van der Waals surface area contributed by atoms with Gasteiger partial charge in [0.2, 0.25) is 5.88 Å². The number of amides is 1. The van der Waals surface area contributed by atoms with E-state index in [1.807, 2.05) is 4.72 Å². The van der Waals surface area contributed by atoms with Gasteiger partial charge >= 0.3 is 0 Å². The van der Waals surface area contributed by atoms with Crippen molar-refractivity contribution >= 4 is 27.5 Å². The van der Waals surface area contributed by atoms with E-state index >= 15 is 0 Å². The van der Waals surface area contributed by atoms with Crippen LogP contribution in [0.4, 0.5) is 0 Å². The van der Waals surface area contributed by atoms with Crippen molar-refractivity contribution in [2.45, 2.75) is 76.4 Å². The molecule has 11 nitrogen and oxygen atoms in total. The van der Waals surface area contributed by atoms with E-state index in [0.29, 0.717) is 36.2 Å². The lowest BCUT2D eigenvalue weighted by Crippen LogP contribution is -2.31. The molecule has 1 saturated heterocycles. The molecule has 2 fully saturated rings. The maximum absolute atomic E-state index is 12.8. The molecule has 1 atom stereocenters. The number of hydrogen-bond acceptors (Lipinski definition) is 8. The number of aromatic nitrogens is 5. The van der Waals surface area contributed by atoms with Crippen LogP contribution in [0.25, 0.3) is 5.82 Å². The molecular formula is C27H36ClN7O4S. The zero-order chi connectivity index (χ0) is 28.5. The Morgan fingerprint density at radius 2 is 1.98 bits per heavy atom. The van der Waals surface area contributed by atoms with Crippen LogP contribution >= 0.6 is 11.6 Å². The molecule has 5 rings (SSSR count). The third-order valence-corrected chi connectivity index (χ3v) is 9.22. The Balaban J connectivity index is 1.15. The van der Waals surface area contributed by atoms with Crippen LogP contribution in [0.1, 0.15) is 69.7 Å². The summed E-state index contributed by atoms with van der Waals surface area (Å²) in [5.41, 5.74) is 0.524. The number of aryl methyl sites for hydroxylation is 1. The van der Waals surface area contributed by atoms with Crippen LogP contribution in [-0.2, 0) is 16.6 Å². The van der Waals surface area contributed by atoms with Gasteiger partial charge in [-0.3, -0.25) is 9.48 Å². The minimum Gasteiger partial charge on any atom is -0.477 e. The number of rotatable bonds is 12. The quantitative estimate of drug-likeness (QED) is 0.239. The van der Waals surface area contributed by atoms with E-state index in [9.17, 15) is 13.2 Å². The summed E-state index contributed by atoms with van der Waals surface area (Å²) < 4.78 is 36.5. The standard InChI is InChI=1S/C27H36ClN7O4S/c1-26(2)17-19(18-29-26)7-13-34-14-9-23(32-34)40(37,38)33-25(36)20-5-6-21(30-24(20)28)35-15-8-22(31-35)39-16-4-10-27(3)11-12-27/h5-6,8-9,14-15,19,29H,4,7,10-13,16-18H2,1-3H3,(H,33,36). The number of carbonyl (C=O) groups is 1. The highest BCUT2D eigenvalue weighted by Crippen LogP contribution is 2.48. The van der Waals surface area contributed by atoms with Crippen molar-refractivity contribution in [3.63, 3.8) is 0 Å². The zero-order valence-electron chi connectivity index (χ0n) is 23.1. The second-order valence-electron chi connectivity index (χ2n) is 11.8. The molecule has 2 aliphatic rings. The molecule has 0 aromatic carbocycles. The summed E-state index contributed by atoms with van der Waals surface area (Å²) in [6.07, 6.45) is 9.90. The lowest BCUT2D eigenvalue weighted by Gasteiger charge is -2.17. The minimum absolute atomic E-state index is 0.0815. The molecule has 1 unspecified atom stereocenters. The van der Waals surface area contributed by atoms with E-state index in [4.69, 9.17) is 16.3 Å². The first-order valence-corrected chi connectivity index (χ1v) is 15.5. The fraction of sp³-hybridized carbons (Fsp3) is 0.556. The molecule has 13 heteroatoms. The van der Waals surface area contributed by atoms with Crippen molar-refractivity contribution in [1.29, 1.82) is 0 Å². The average Bonchev–Trinajstić information content (AvgIpc) is 3.28. The molecule has 3 aromatic rings. The Labute approximate surface area is 239 Å². The first-order valence-electron chi connectivity index (χ1n) is 13.6. The predicted octanol–water partition coefficient (Wildman–Crippen LogP) is 3.97. The number of ether oxygens (including phenoxy) is 1. The van der Waals surface area contributed by atoms with Gasteiger partial charge in [0.15, 0.2) is 10.8 Å². The zero-order valence-corrected chi connectivity index (χ0v) is 24.6. The summed E-state index contributed by atoms with van der Waals surface area (Å²) in [5, 5.41) is 11.6. The Morgan fingerprint density at radius 3 is 2.67 bits per heavy atom. The minimum atomic E-state index is -4.20. The van der Waals surface area contributed by atoms with Gasteiger partial charge in [-0.05, 0) is 88.4 Å². The third kappa shape index (κ3) is 7.02. The number of hydrogen-bond donors (Lipinski definition) is 2. The van der Waals surface area contributed by atoms with Crippen LogP contribution in [0.15, 0.2) is 41.7 Å². The lowest BCUT2D eigenvalue weighted by molar-refractivity contribution is 0.0981. The summed E-state index contributed by atoms with van der Waals surface area (Å²) in [6, 6.07) is 6.04. The normalized spacial score (nSPS) is 19.4. The van der Waals surface area contributed by atoms with Crippen molar-refractivity contribution < 1.29 is 17.9 Å². The number of nitrogens with one attached hydrogen (secondary N) is 2. The predicted molar refractivity (Wildman–Crippen MR) is 150 cm³/mol. The molecule has 3 aromatic heterocycles. The van der Waals surface area contributed by atoms with Gasteiger partial charge in [0, 0.05) is 30.5 Å². The first-order chi connectivity index (χ1) is 18.9. The van der Waals surface area contributed by atoms with E-state index in [2.05, 4.69) is 41.3 Å². The second-order valence-corrected chi connectivity index (χ2v) is 13.8. The number of pyridine rings is 1. The number of halogens is 1. The van der Waals surface area contributed by atoms with Crippen LogP contribution in [0.5, 0.6) is 5.88 Å². The molecule has 0 bridgehead atoms. The Bertz CT molecular complexity index is 1480. The molecule has 1 aliphatic heterocycles. The molecule has 1 saturated carbocycles. The molecule has 2 N–H and O–H groups in total. The van der Waals surface area contributed by atoms with Gasteiger partial charge in [-0.15, -0.1) is 5.10 Å². The first kappa shape index (κ1) is 28.6. The second kappa shape index (κ2) is 11.1. The van der Waals surface area contributed by atoms with Crippen molar-refractivity contribution in [1.82, 2.24) is 34.6 Å². The van der Waals surface area contributed by atoms with Crippen molar-refractivity contribution in [3.05, 3.63) is 47.4 Å². The van der Waals surface area contributed by atoms with Crippen LogP contribution in [-0.4, -0.2) is 57.6 Å². The maximum Gasteiger partial charge on any atom is 0.283 e. The Morgan fingerprint density at radius 1 is 1.18 bits per heavy atom. The summed E-state index contributed by atoms with van der Waals surface area (Å²) in [6.45, 7) is 8.74. The SMILES string of the molecule is CC1(CCCOc2ccn(-c3ccc(C(=O)NS(=O)(=O)c4ccn(CCC5CNC(C)(C)C5)n4)c(Cl)n3)n2)CC1. The van der Waals surface area contributed by atoms with Crippen molar-refractivity contribution in [2.24, 2.45) is 11.3 Å². The Kier molecular flexibility index (Phi) is 7.95. The van der Waals surface area contributed by atoms with Gasteiger partial charge in [0.25, 0.3) is 15.9 Å². The molecular weight excluding hydrogens is 554 g/mol. The topological polar surface area (TPSA) is 133 Å². The number of carbonyl (C=O) groups excluding carboxylic acids is 1. The fourth-order valence-corrected chi connectivity index (χ4v) is 6.16. The highest BCUT2D eigenvalue weighted by molar-refractivity contribution is 7.90. The number of sulfonamides is 1. The van der Waals surface area contributed by atoms with Gasteiger partial charge in [-0.1, -0.05) is 18.5 Å². The molecule has 1 amide bonds. The van der Waals surface area contributed by atoms with Crippen molar-refractivity contribution in [2.75, 3.05) is 13.2 Å². The monoisotopic (exact) mass is 589 g/mol. The van der Waals surface area contributed by atoms with E-state index in [0.717, 1.165) is 32.2 Å². The summed E-state index contributed by atoms with van der Waals surface area (Å²) >= 11 is 6.27. The molecule has 0 radical (unpaired) electrons. The number of nitrogens with zero attached hydrogens (tertiary/aromatic N) is 5. The highest BCUT2D eigenvalue weighted by atomic mass is 35.5. The summed E-state index contributed by atoms with van der Waals surface area (Å²) in [4.78, 5) is 17.0. The smallest absolute Gasteiger partial charge is 0.283 e. The summed E-state index contributed by atoms with van der Waals surface area (Å²) in [5.74, 6) is 0.434. The largest absolute Gasteiger partial charge is 0.477 e. The molecule has 0 spiro atoms. The van der Waals surface area contributed by atoms with Crippen LogP contribution in [0, 0.1) is 11.3 Å². The Hall–Kier alpha value is -2.96. The van der Waals surface area contributed by atoms with Gasteiger partial charge < -0.3 is 10.1 Å². The average molecular weight is 590 g/mol. The van der Waals surface area contributed by atoms with E-state index in [1.165, 1.54) is 35.7 Å². The van der Waals surface area contributed by atoms with Gasteiger partial charge in [0.1, 0.15) is 5.15 Å². The lowest BCUT2D eigenvalue weighted by atomic mass is 9.95. The fourth-order valence-electron chi connectivity index (χ4n) is 5.02. The molecule has 40 heavy (non-hydrogen) atoms. The maximum atomic E-state index is 12.8. The van der Waals surface area contributed by atoms with Crippen LogP contribution in [0.3, 0.4) is 0 Å². The van der Waals surface area contributed by atoms with Crippen LogP contribution < -0.4 is 14.8 Å². The third-order valence-electron chi connectivity index (χ3n) is 7.71. The van der Waals surface area contributed by atoms with Gasteiger partial charge in [0.05, 0.1) is 12.2 Å². The van der Waals surface area contributed by atoms with Crippen LogP contribution in [0.2, 0.25) is 5.15 Å². The van der Waals surface area contributed by atoms with E-state index in [-0.39, 0.29) is 21.3 Å².